The van der Waals surface area contributed by atoms with Crippen molar-refractivity contribution in [3.63, 3.8) is 0 Å². The highest BCUT2D eigenvalue weighted by atomic mass is 16.5. The maximum atomic E-state index is 12.3. The summed E-state index contributed by atoms with van der Waals surface area (Å²) in [5.41, 5.74) is 3.81. The van der Waals surface area contributed by atoms with Gasteiger partial charge in [0.15, 0.2) is 0 Å². The number of likely N-dealkylation sites (tertiary alicyclic amines) is 2. The molecule has 2 aromatic rings. The summed E-state index contributed by atoms with van der Waals surface area (Å²) in [6, 6.07) is 19.1. The molecule has 2 aliphatic heterocycles. The number of rotatable bonds is 6. The molecule has 1 N–H and O–H groups in total. The van der Waals surface area contributed by atoms with Crippen molar-refractivity contribution in [2.75, 3.05) is 32.8 Å². The van der Waals surface area contributed by atoms with E-state index < -0.39 is 0 Å². The van der Waals surface area contributed by atoms with Crippen LogP contribution in [0.15, 0.2) is 54.6 Å². The molecule has 2 fully saturated rings. The summed E-state index contributed by atoms with van der Waals surface area (Å²) in [4.78, 5) is 25.3. The highest BCUT2D eigenvalue weighted by Gasteiger charge is 2.48. The lowest BCUT2D eigenvalue weighted by Gasteiger charge is -2.30. The van der Waals surface area contributed by atoms with E-state index in [0.717, 1.165) is 32.8 Å². The van der Waals surface area contributed by atoms with Gasteiger partial charge in [0.05, 0.1) is 19.3 Å². The van der Waals surface area contributed by atoms with Gasteiger partial charge in [-0.1, -0.05) is 54.6 Å². The molecule has 2 saturated heterocycles. The molecular formula is C25H32N2O4. The van der Waals surface area contributed by atoms with Gasteiger partial charge in [-0.25, -0.2) is 0 Å². The molecule has 6 nitrogen and oxygen atoms in total. The minimum atomic E-state index is -0.250. The van der Waals surface area contributed by atoms with Gasteiger partial charge in [-0.2, -0.15) is 0 Å². The molecule has 0 aliphatic carbocycles. The fraction of sp³-hybridized carbons (Fsp3) is 0.440. The fourth-order valence-electron chi connectivity index (χ4n) is 4.92. The molecule has 0 unspecified atom stereocenters. The Labute approximate surface area is 184 Å². The van der Waals surface area contributed by atoms with Gasteiger partial charge in [0, 0.05) is 39.0 Å². The van der Waals surface area contributed by atoms with Crippen LogP contribution in [0.3, 0.4) is 0 Å². The summed E-state index contributed by atoms with van der Waals surface area (Å²) in [6.45, 7) is 8.98. The molecular weight excluding hydrogens is 392 g/mol. The Morgan fingerprint density at radius 3 is 2.45 bits per heavy atom. The third-order valence-corrected chi connectivity index (χ3v) is 6.31. The van der Waals surface area contributed by atoms with Crippen LogP contribution in [0, 0.1) is 18.8 Å². The summed E-state index contributed by atoms with van der Waals surface area (Å²) < 4.78 is 5.89. The Kier molecular flexibility index (Phi) is 8.20. The first-order valence-corrected chi connectivity index (χ1v) is 10.8. The van der Waals surface area contributed by atoms with Gasteiger partial charge in [0.2, 0.25) is 5.91 Å². The molecule has 2 aromatic carbocycles. The second kappa shape index (κ2) is 11.1. The summed E-state index contributed by atoms with van der Waals surface area (Å²) in [6.07, 6.45) is 0. The average molecular weight is 425 g/mol. The third-order valence-electron chi connectivity index (χ3n) is 6.31. The van der Waals surface area contributed by atoms with Gasteiger partial charge in [0.25, 0.3) is 6.47 Å². The molecule has 3 atom stereocenters. The zero-order valence-corrected chi connectivity index (χ0v) is 18.3. The maximum Gasteiger partial charge on any atom is 0.290 e. The smallest absolute Gasteiger partial charge is 0.290 e. The van der Waals surface area contributed by atoms with Crippen LogP contribution in [0.25, 0.3) is 0 Å². The minimum Gasteiger partial charge on any atom is -0.483 e. The molecule has 0 spiro atoms. The van der Waals surface area contributed by atoms with E-state index in [0.29, 0.717) is 18.4 Å². The predicted molar refractivity (Wildman–Crippen MR) is 120 cm³/mol. The second-order valence-electron chi connectivity index (χ2n) is 8.30. The summed E-state index contributed by atoms with van der Waals surface area (Å²) in [5.74, 6) is 1.27. The van der Waals surface area contributed by atoms with Gasteiger partial charge in [0.1, 0.15) is 0 Å². The number of hydrogen-bond acceptors (Lipinski definition) is 4. The zero-order chi connectivity index (χ0) is 22.2. The number of carbonyl (C=O) groups excluding carboxylic acids is 1. The van der Waals surface area contributed by atoms with Crippen molar-refractivity contribution < 1.29 is 19.4 Å². The molecule has 6 heteroatoms. The van der Waals surface area contributed by atoms with Crippen molar-refractivity contribution in [1.82, 2.24) is 9.80 Å². The average Bonchev–Trinajstić information content (AvgIpc) is 3.31. The van der Waals surface area contributed by atoms with Gasteiger partial charge in [-0.3, -0.25) is 9.59 Å². The van der Waals surface area contributed by atoms with Crippen LogP contribution in [0.2, 0.25) is 0 Å². The van der Waals surface area contributed by atoms with Crippen LogP contribution >= 0.6 is 0 Å². The van der Waals surface area contributed by atoms with E-state index in [4.69, 9.17) is 14.6 Å². The largest absolute Gasteiger partial charge is 0.483 e. The summed E-state index contributed by atoms with van der Waals surface area (Å²) in [5, 5.41) is 6.89. The first kappa shape index (κ1) is 23.0. The topological polar surface area (TPSA) is 70.1 Å². The molecule has 0 aromatic heterocycles. The number of nitrogens with zero attached hydrogens (tertiary/aromatic N) is 2. The highest BCUT2D eigenvalue weighted by Crippen LogP contribution is 2.45. The van der Waals surface area contributed by atoms with Crippen LogP contribution < -0.4 is 0 Å². The fourth-order valence-corrected chi connectivity index (χ4v) is 4.92. The molecule has 166 valence electrons. The van der Waals surface area contributed by atoms with Crippen molar-refractivity contribution >= 4 is 12.4 Å². The van der Waals surface area contributed by atoms with Gasteiger partial charge in [-0.15, -0.1) is 0 Å². The Morgan fingerprint density at radius 2 is 1.77 bits per heavy atom. The number of carboxylic acid groups (broad SMARTS) is 1. The van der Waals surface area contributed by atoms with Crippen LogP contribution in [0.4, 0.5) is 0 Å². The van der Waals surface area contributed by atoms with Crippen LogP contribution in [-0.4, -0.2) is 60.1 Å². The molecule has 0 radical (unpaired) electrons. The molecule has 2 heterocycles. The lowest BCUT2D eigenvalue weighted by molar-refractivity contribution is -0.130. The molecule has 31 heavy (non-hydrogen) atoms. The highest BCUT2D eigenvalue weighted by molar-refractivity contribution is 5.74. The van der Waals surface area contributed by atoms with E-state index in [1.54, 1.807) is 6.92 Å². The number of aryl methyl sites for hydroxylation is 1. The first-order valence-electron chi connectivity index (χ1n) is 10.8. The SMILES string of the molecule is CC(=O)N1C[C@H]2CN(CCOCc3ccccc3)C[C@H]2[C@@H]1c1ccccc1C.O=CO. The zero-order valence-electron chi connectivity index (χ0n) is 18.3. The molecule has 0 bridgehead atoms. The molecule has 0 saturated carbocycles. The number of fused-ring (bicyclic) bond motifs is 1. The normalized spacial score (nSPS) is 22.5. The monoisotopic (exact) mass is 424 g/mol. The Balaban J connectivity index is 0.000000858. The number of benzene rings is 2. The Bertz CT molecular complexity index is 858. The molecule has 4 rings (SSSR count). The lowest BCUT2D eigenvalue weighted by atomic mass is 9.87. The van der Waals surface area contributed by atoms with Crippen molar-refractivity contribution in [2.45, 2.75) is 26.5 Å². The van der Waals surface area contributed by atoms with E-state index in [2.05, 4.69) is 53.1 Å². The van der Waals surface area contributed by atoms with Crippen LogP contribution in [0.5, 0.6) is 0 Å². The van der Waals surface area contributed by atoms with Crippen LogP contribution in [0.1, 0.15) is 29.7 Å². The van der Waals surface area contributed by atoms with E-state index in [1.807, 2.05) is 18.2 Å². The Hall–Kier alpha value is -2.70. The summed E-state index contributed by atoms with van der Waals surface area (Å²) in [7, 11) is 0. The van der Waals surface area contributed by atoms with E-state index in [9.17, 15) is 4.79 Å². The first-order chi connectivity index (χ1) is 15.0. The van der Waals surface area contributed by atoms with Crippen molar-refractivity contribution in [1.29, 1.82) is 0 Å². The standard InChI is InChI=1S/C24H30N2O2.CH2O2/c1-18-8-6-7-11-22(18)24-23-16-25(14-21(23)15-26(24)19(2)27)12-13-28-17-20-9-4-3-5-10-20;2-1-3/h3-11,21,23-24H,12-17H2,1-2H3;1H,(H,2,3)/t21-,23-,24+;/m1./s1. The molecule has 1 amide bonds. The van der Waals surface area contributed by atoms with Gasteiger partial charge in [-0.05, 0) is 29.5 Å². The maximum absolute atomic E-state index is 12.3. The second-order valence-corrected chi connectivity index (χ2v) is 8.30. The van der Waals surface area contributed by atoms with Crippen molar-refractivity contribution in [3.05, 3.63) is 71.3 Å². The van der Waals surface area contributed by atoms with Gasteiger partial charge >= 0.3 is 0 Å². The third kappa shape index (κ3) is 5.71. The van der Waals surface area contributed by atoms with Crippen LogP contribution in [-0.2, 0) is 20.9 Å². The van der Waals surface area contributed by atoms with Gasteiger partial charge < -0.3 is 19.6 Å². The van der Waals surface area contributed by atoms with Crippen molar-refractivity contribution in [2.24, 2.45) is 11.8 Å². The predicted octanol–water partition coefficient (Wildman–Crippen LogP) is 3.36. The quantitative estimate of drug-likeness (QED) is 0.569. The molecule has 2 aliphatic rings. The Morgan fingerprint density at radius 1 is 1.10 bits per heavy atom. The minimum absolute atomic E-state index is 0.195. The lowest BCUT2D eigenvalue weighted by Crippen LogP contribution is -2.35. The summed E-state index contributed by atoms with van der Waals surface area (Å²) >= 11 is 0. The van der Waals surface area contributed by atoms with E-state index in [1.165, 1.54) is 16.7 Å². The van der Waals surface area contributed by atoms with E-state index >= 15 is 0 Å². The number of hydrogen-bond donors (Lipinski definition) is 1. The number of carbonyl (C=O) groups is 2. The van der Waals surface area contributed by atoms with Crippen molar-refractivity contribution in [3.8, 4) is 0 Å². The van der Waals surface area contributed by atoms with E-state index in [-0.39, 0.29) is 18.4 Å². The number of amides is 1. The number of ether oxygens (including phenoxy) is 1.